The van der Waals surface area contributed by atoms with Crippen LogP contribution in [0.1, 0.15) is 16.9 Å². The zero-order valence-corrected chi connectivity index (χ0v) is 8.97. The molecule has 3 N–H and O–H groups in total. The first-order chi connectivity index (χ1) is 7.70. The van der Waals surface area contributed by atoms with Crippen molar-refractivity contribution in [3.8, 4) is 0 Å². The van der Waals surface area contributed by atoms with Crippen LogP contribution >= 0.6 is 0 Å². The molecule has 5 nitrogen and oxygen atoms in total. The van der Waals surface area contributed by atoms with E-state index < -0.39 is 5.97 Å². The number of aromatic nitrogens is 1. The normalized spacial score (nSPS) is 20.1. The number of nitrogens with two attached hydrogens (primary N) is 1. The zero-order valence-electron chi connectivity index (χ0n) is 8.97. The average molecular weight is 221 g/mol. The molecule has 1 aliphatic heterocycles. The number of carboxylic acid groups (broad SMARTS) is 1. The SMILES string of the molecule is NCC1CCN(c2ccc(C(=O)O)nc2)C1. The standard InChI is InChI=1S/C11H15N3O2/c12-5-8-3-4-14(7-8)9-1-2-10(11(15)16)13-6-9/h1-2,6,8H,3-5,7,12H2,(H,15,16). The molecule has 0 saturated carbocycles. The van der Waals surface area contributed by atoms with Crippen LogP contribution in [0.15, 0.2) is 18.3 Å². The van der Waals surface area contributed by atoms with Gasteiger partial charge in [-0.1, -0.05) is 0 Å². The van der Waals surface area contributed by atoms with Gasteiger partial charge in [-0.25, -0.2) is 9.78 Å². The third-order valence-electron chi connectivity index (χ3n) is 2.95. The molecular weight excluding hydrogens is 206 g/mol. The highest BCUT2D eigenvalue weighted by Gasteiger charge is 2.21. The van der Waals surface area contributed by atoms with Gasteiger partial charge in [0.1, 0.15) is 5.69 Å². The van der Waals surface area contributed by atoms with Crippen LogP contribution in [0.2, 0.25) is 0 Å². The summed E-state index contributed by atoms with van der Waals surface area (Å²) < 4.78 is 0. The maximum Gasteiger partial charge on any atom is 0.354 e. The minimum Gasteiger partial charge on any atom is -0.477 e. The summed E-state index contributed by atoms with van der Waals surface area (Å²) in [6.45, 7) is 2.61. The lowest BCUT2D eigenvalue weighted by Crippen LogP contribution is -2.22. The van der Waals surface area contributed by atoms with Gasteiger partial charge in [0.05, 0.1) is 11.9 Å². The molecule has 0 amide bonds. The Kier molecular flexibility index (Phi) is 3.05. The smallest absolute Gasteiger partial charge is 0.354 e. The highest BCUT2D eigenvalue weighted by molar-refractivity contribution is 5.85. The Hall–Kier alpha value is -1.62. The van der Waals surface area contributed by atoms with Crippen molar-refractivity contribution in [1.29, 1.82) is 0 Å². The van der Waals surface area contributed by atoms with Gasteiger partial charge in [0, 0.05) is 13.1 Å². The summed E-state index contributed by atoms with van der Waals surface area (Å²) in [6, 6.07) is 3.34. The first kappa shape index (κ1) is 10.9. The summed E-state index contributed by atoms with van der Waals surface area (Å²) in [6.07, 6.45) is 2.71. The summed E-state index contributed by atoms with van der Waals surface area (Å²) >= 11 is 0. The van der Waals surface area contributed by atoms with E-state index in [1.807, 2.05) is 0 Å². The Morgan fingerprint density at radius 3 is 2.94 bits per heavy atom. The summed E-state index contributed by atoms with van der Waals surface area (Å²) in [4.78, 5) is 16.7. The molecular formula is C11H15N3O2. The molecule has 1 fully saturated rings. The van der Waals surface area contributed by atoms with Crippen molar-refractivity contribution >= 4 is 11.7 Å². The average Bonchev–Trinajstić information content (AvgIpc) is 2.77. The predicted octanol–water partition coefficient (Wildman–Crippen LogP) is 0.565. The molecule has 0 aliphatic carbocycles. The third kappa shape index (κ3) is 2.14. The summed E-state index contributed by atoms with van der Waals surface area (Å²) in [5.74, 6) is -0.452. The first-order valence-electron chi connectivity index (χ1n) is 5.35. The van der Waals surface area contributed by atoms with Crippen LogP contribution in [0, 0.1) is 5.92 Å². The van der Waals surface area contributed by atoms with Gasteiger partial charge in [0.25, 0.3) is 0 Å². The van der Waals surface area contributed by atoms with E-state index >= 15 is 0 Å². The molecule has 5 heteroatoms. The minimum atomic E-state index is -0.993. The van der Waals surface area contributed by atoms with Gasteiger partial charge in [0.2, 0.25) is 0 Å². The van der Waals surface area contributed by atoms with Gasteiger partial charge in [-0.2, -0.15) is 0 Å². The van der Waals surface area contributed by atoms with Crippen LogP contribution in [-0.4, -0.2) is 35.7 Å². The first-order valence-corrected chi connectivity index (χ1v) is 5.35. The zero-order chi connectivity index (χ0) is 11.5. The summed E-state index contributed by atoms with van der Waals surface area (Å²) in [7, 11) is 0. The van der Waals surface area contributed by atoms with E-state index in [1.54, 1.807) is 12.3 Å². The van der Waals surface area contributed by atoms with Gasteiger partial charge in [0.15, 0.2) is 0 Å². The summed E-state index contributed by atoms with van der Waals surface area (Å²) in [5, 5.41) is 8.73. The summed E-state index contributed by atoms with van der Waals surface area (Å²) in [5.41, 5.74) is 6.67. The highest BCUT2D eigenvalue weighted by atomic mass is 16.4. The van der Waals surface area contributed by atoms with E-state index in [-0.39, 0.29) is 5.69 Å². The number of nitrogens with zero attached hydrogens (tertiary/aromatic N) is 2. The Morgan fingerprint density at radius 2 is 2.44 bits per heavy atom. The topological polar surface area (TPSA) is 79.5 Å². The van der Waals surface area contributed by atoms with E-state index in [9.17, 15) is 4.79 Å². The van der Waals surface area contributed by atoms with Crippen molar-refractivity contribution in [1.82, 2.24) is 4.98 Å². The van der Waals surface area contributed by atoms with Crippen molar-refractivity contribution in [2.75, 3.05) is 24.5 Å². The number of pyridine rings is 1. The second kappa shape index (κ2) is 4.49. The Morgan fingerprint density at radius 1 is 1.62 bits per heavy atom. The second-order valence-corrected chi connectivity index (χ2v) is 4.04. The largest absolute Gasteiger partial charge is 0.477 e. The fraction of sp³-hybridized carbons (Fsp3) is 0.455. The Bertz CT molecular complexity index is 377. The fourth-order valence-electron chi connectivity index (χ4n) is 1.96. The number of aromatic carboxylic acids is 1. The highest BCUT2D eigenvalue weighted by Crippen LogP contribution is 2.22. The van der Waals surface area contributed by atoms with Gasteiger partial charge in [-0.15, -0.1) is 0 Å². The van der Waals surface area contributed by atoms with Gasteiger partial charge in [-0.3, -0.25) is 0 Å². The number of anilines is 1. The van der Waals surface area contributed by atoms with E-state index in [4.69, 9.17) is 10.8 Å². The van der Waals surface area contributed by atoms with Crippen LogP contribution < -0.4 is 10.6 Å². The molecule has 0 aromatic carbocycles. The number of rotatable bonds is 3. The maximum absolute atomic E-state index is 10.6. The van der Waals surface area contributed by atoms with E-state index in [0.717, 1.165) is 25.2 Å². The second-order valence-electron chi connectivity index (χ2n) is 4.04. The lowest BCUT2D eigenvalue weighted by molar-refractivity contribution is 0.0690. The van der Waals surface area contributed by atoms with Crippen LogP contribution in [-0.2, 0) is 0 Å². The molecule has 86 valence electrons. The molecule has 0 radical (unpaired) electrons. The Labute approximate surface area is 93.9 Å². The third-order valence-corrected chi connectivity index (χ3v) is 2.95. The van der Waals surface area contributed by atoms with Crippen molar-refractivity contribution < 1.29 is 9.90 Å². The van der Waals surface area contributed by atoms with Crippen LogP contribution in [0.4, 0.5) is 5.69 Å². The van der Waals surface area contributed by atoms with E-state index in [2.05, 4.69) is 9.88 Å². The molecule has 1 aromatic rings. The van der Waals surface area contributed by atoms with Crippen molar-refractivity contribution in [2.45, 2.75) is 6.42 Å². The number of carbonyl (C=O) groups is 1. The lowest BCUT2D eigenvalue weighted by Gasteiger charge is -2.17. The Balaban J connectivity index is 2.08. The molecule has 16 heavy (non-hydrogen) atoms. The van der Waals surface area contributed by atoms with E-state index in [1.165, 1.54) is 6.07 Å². The minimum absolute atomic E-state index is 0.0818. The predicted molar refractivity (Wildman–Crippen MR) is 60.6 cm³/mol. The molecule has 1 atom stereocenters. The molecule has 0 spiro atoms. The van der Waals surface area contributed by atoms with Crippen molar-refractivity contribution in [2.24, 2.45) is 11.7 Å². The molecule has 1 unspecified atom stereocenters. The molecule has 1 aliphatic rings. The quantitative estimate of drug-likeness (QED) is 0.779. The maximum atomic E-state index is 10.6. The lowest BCUT2D eigenvalue weighted by atomic mass is 10.1. The van der Waals surface area contributed by atoms with Crippen LogP contribution in [0.3, 0.4) is 0 Å². The molecule has 2 heterocycles. The van der Waals surface area contributed by atoms with Crippen molar-refractivity contribution in [3.63, 3.8) is 0 Å². The van der Waals surface area contributed by atoms with Crippen LogP contribution in [0.25, 0.3) is 0 Å². The fourth-order valence-corrected chi connectivity index (χ4v) is 1.96. The number of hydrogen-bond acceptors (Lipinski definition) is 4. The molecule has 0 bridgehead atoms. The molecule has 1 aromatic heterocycles. The van der Waals surface area contributed by atoms with Gasteiger partial charge >= 0.3 is 5.97 Å². The molecule has 1 saturated heterocycles. The van der Waals surface area contributed by atoms with E-state index in [0.29, 0.717) is 12.5 Å². The number of hydrogen-bond donors (Lipinski definition) is 2. The molecule has 2 rings (SSSR count). The van der Waals surface area contributed by atoms with Crippen molar-refractivity contribution in [3.05, 3.63) is 24.0 Å². The van der Waals surface area contributed by atoms with Gasteiger partial charge in [-0.05, 0) is 31.0 Å². The monoisotopic (exact) mass is 221 g/mol. The van der Waals surface area contributed by atoms with Gasteiger partial charge < -0.3 is 15.7 Å². The van der Waals surface area contributed by atoms with Crippen LogP contribution in [0.5, 0.6) is 0 Å². The number of carboxylic acids is 1.